The Morgan fingerprint density at radius 2 is 2.17 bits per heavy atom. The molecule has 0 aliphatic carbocycles. The van der Waals surface area contributed by atoms with Crippen molar-refractivity contribution in [3.05, 3.63) is 18.0 Å². The van der Waals surface area contributed by atoms with Crippen LogP contribution < -0.4 is 0 Å². The first kappa shape index (κ1) is 7.09. The highest BCUT2D eigenvalue weighted by atomic mass is 16.1. The fourth-order valence-corrected chi connectivity index (χ4v) is 1.35. The van der Waals surface area contributed by atoms with Crippen molar-refractivity contribution in [2.24, 2.45) is 14.1 Å². The third-order valence-electron chi connectivity index (χ3n) is 2.12. The second kappa shape index (κ2) is 2.20. The Labute approximate surface area is 69.4 Å². The molecule has 4 heteroatoms. The summed E-state index contributed by atoms with van der Waals surface area (Å²) in [6.45, 7) is 0. The number of aromatic nitrogens is 3. The Morgan fingerprint density at radius 3 is 2.75 bits per heavy atom. The zero-order valence-electron chi connectivity index (χ0n) is 6.98. The standard InChI is InChI=1S/C8H9N3O/c1-10-6(5-12)3-7-8(10)4-9-11(7)2/h3-5H,1-2H3. The largest absolute Gasteiger partial charge is 0.339 e. The Hall–Kier alpha value is -1.58. The van der Waals surface area contributed by atoms with E-state index < -0.39 is 0 Å². The van der Waals surface area contributed by atoms with E-state index in [9.17, 15) is 4.79 Å². The number of aryl methyl sites for hydroxylation is 2. The molecule has 0 radical (unpaired) electrons. The summed E-state index contributed by atoms with van der Waals surface area (Å²) in [5, 5.41) is 4.07. The second-order valence-corrected chi connectivity index (χ2v) is 2.78. The molecule has 0 aromatic carbocycles. The number of carbonyl (C=O) groups excluding carboxylic acids is 1. The van der Waals surface area contributed by atoms with Crippen molar-refractivity contribution < 1.29 is 4.79 Å². The number of nitrogens with zero attached hydrogens (tertiary/aromatic N) is 3. The van der Waals surface area contributed by atoms with Crippen LogP contribution in [0.4, 0.5) is 0 Å². The molecule has 62 valence electrons. The van der Waals surface area contributed by atoms with Crippen LogP contribution >= 0.6 is 0 Å². The Kier molecular flexibility index (Phi) is 1.30. The normalized spacial score (nSPS) is 10.8. The molecular weight excluding hydrogens is 154 g/mol. The number of hydrogen-bond donors (Lipinski definition) is 0. The second-order valence-electron chi connectivity index (χ2n) is 2.78. The Bertz CT molecular complexity index is 438. The van der Waals surface area contributed by atoms with Crippen LogP contribution in [0.1, 0.15) is 10.5 Å². The molecule has 2 heterocycles. The van der Waals surface area contributed by atoms with Gasteiger partial charge in [-0.3, -0.25) is 9.48 Å². The fraction of sp³-hybridized carbons (Fsp3) is 0.250. The van der Waals surface area contributed by atoms with Crippen molar-refractivity contribution in [2.45, 2.75) is 0 Å². The van der Waals surface area contributed by atoms with Gasteiger partial charge in [-0.2, -0.15) is 5.10 Å². The summed E-state index contributed by atoms with van der Waals surface area (Å²) >= 11 is 0. The molecule has 2 aromatic rings. The lowest BCUT2D eigenvalue weighted by Gasteiger charge is -1.91. The van der Waals surface area contributed by atoms with Gasteiger partial charge in [-0.05, 0) is 6.07 Å². The van der Waals surface area contributed by atoms with E-state index in [1.165, 1.54) is 0 Å². The van der Waals surface area contributed by atoms with Gasteiger partial charge in [0.1, 0.15) is 0 Å². The molecule has 2 aromatic heterocycles. The van der Waals surface area contributed by atoms with Gasteiger partial charge in [-0.1, -0.05) is 0 Å². The summed E-state index contributed by atoms with van der Waals surface area (Å²) in [5.41, 5.74) is 2.65. The maximum Gasteiger partial charge on any atom is 0.166 e. The minimum absolute atomic E-state index is 0.679. The zero-order chi connectivity index (χ0) is 8.72. The van der Waals surface area contributed by atoms with Gasteiger partial charge in [0.25, 0.3) is 0 Å². The smallest absolute Gasteiger partial charge is 0.166 e. The molecule has 0 saturated carbocycles. The van der Waals surface area contributed by atoms with Crippen LogP contribution in [0, 0.1) is 0 Å². The lowest BCUT2D eigenvalue weighted by atomic mass is 10.4. The minimum atomic E-state index is 0.679. The van der Waals surface area contributed by atoms with Gasteiger partial charge in [-0.25, -0.2) is 0 Å². The third-order valence-corrected chi connectivity index (χ3v) is 2.12. The molecule has 0 aliphatic rings. The molecule has 0 spiro atoms. The van der Waals surface area contributed by atoms with Gasteiger partial charge >= 0.3 is 0 Å². The van der Waals surface area contributed by atoms with Crippen molar-refractivity contribution in [3.8, 4) is 0 Å². The van der Waals surface area contributed by atoms with Gasteiger partial charge in [0.15, 0.2) is 6.29 Å². The highest BCUT2D eigenvalue weighted by Crippen LogP contribution is 2.15. The van der Waals surface area contributed by atoms with Gasteiger partial charge in [0.05, 0.1) is 22.9 Å². The summed E-state index contributed by atoms with van der Waals surface area (Å²) in [5.74, 6) is 0. The topological polar surface area (TPSA) is 39.8 Å². The van der Waals surface area contributed by atoms with Crippen LogP contribution in [-0.2, 0) is 14.1 Å². The molecule has 0 unspecified atom stereocenters. The zero-order valence-corrected chi connectivity index (χ0v) is 6.98. The molecule has 0 bridgehead atoms. The Balaban J connectivity index is 2.87. The van der Waals surface area contributed by atoms with Crippen molar-refractivity contribution in [2.75, 3.05) is 0 Å². The molecule has 0 N–H and O–H groups in total. The van der Waals surface area contributed by atoms with Gasteiger partial charge in [-0.15, -0.1) is 0 Å². The number of carbonyl (C=O) groups is 1. The van der Waals surface area contributed by atoms with Crippen LogP contribution in [0.5, 0.6) is 0 Å². The lowest BCUT2D eigenvalue weighted by Crippen LogP contribution is -1.92. The highest BCUT2D eigenvalue weighted by Gasteiger charge is 2.07. The molecule has 0 aliphatic heterocycles. The van der Waals surface area contributed by atoms with Crippen molar-refractivity contribution in [1.82, 2.24) is 14.3 Å². The summed E-state index contributed by atoms with van der Waals surface area (Å²) < 4.78 is 3.58. The Morgan fingerprint density at radius 1 is 1.42 bits per heavy atom. The molecule has 12 heavy (non-hydrogen) atoms. The predicted molar refractivity (Wildman–Crippen MR) is 45.1 cm³/mol. The maximum atomic E-state index is 10.6. The molecule has 2 rings (SSSR count). The minimum Gasteiger partial charge on any atom is -0.339 e. The van der Waals surface area contributed by atoms with Crippen molar-refractivity contribution in [3.63, 3.8) is 0 Å². The highest BCUT2D eigenvalue weighted by molar-refractivity contribution is 5.86. The average molecular weight is 163 g/mol. The van der Waals surface area contributed by atoms with Gasteiger partial charge in [0, 0.05) is 14.1 Å². The fourth-order valence-electron chi connectivity index (χ4n) is 1.35. The third kappa shape index (κ3) is 0.717. The quantitative estimate of drug-likeness (QED) is 0.581. The van der Waals surface area contributed by atoms with Crippen LogP contribution in [0.25, 0.3) is 11.0 Å². The maximum absolute atomic E-state index is 10.6. The lowest BCUT2D eigenvalue weighted by molar-refractivity contribution is 0.111. The van der Waals surface area contributed by atoms with Gasteiger partial charge in [0.2, 0.25) is 0 Å². The van der Waals surface area contributed by atoms with E-state index in [1.807, 2.05) is 24.7 Å². The van der Waals surface area contributed by atoms with Crippen LogP contribution in [0.15, 0.2) is 12.3 Å². The van der Waals surface area contributed by atoms with Gasteiger partial charge < -0.3 is 4.57 Å². The van der Waals surface area contributed by atoms with E-state index >= 15 is 0 Å². The summed E-state index contributed by atoms with van der Waals surface area (Å²) in [6, 6.07) is 1.83. The predicted octanol–water partition coefficient (Wildman–Crippen LogP) is 0.724. The summed E-state index contributed by atoms with van der Waals surface area (Å²) in [7, 11) is 3.71. The molecule has 0 saturated heterocycles. The number of rotatable bonds is 1. The number of hydrogen-bond acceptors (Lipinski definition) is 2. The monoisotopic (exact) mass is 163 g/mol. The molecule has 4 nitrogen and oxygen atoms in total. The molecule has 0 amide bonds. The van der Waals surface area contributed by atoms with Crippen molar-refractivity contribution in [1.29, 1.82) is 0 Å². The van der Waals surface area contributed by atoms with Crippen molar-refractivity contribution >= 4 is 17.3 Å². The van der Waals surface area contributed by atoms with E-state index in [4.69, 9.17) is 0 Å². The van der Waals surface area contributed by atoms with E-state index in [1.54, 1.807) is 10.9 Å². The van der Waals surface area contributed by atoms with E-state index in [2.05, 4.69) is 5.10 Å². The summed E-state index contributed by atoms with van der Waals surface area (Å²) in [4.78, 5) is 10.6. The summed E-state index contributed by atoms with van der Waals surface area (Å²) in [6.07, 6.45) is 2.60. The molecular formula is C8H9N3O. The SMILES string of the molecule is Cn1ncc2c1cc(C=O)n2C. The first-order valence-electron chi connectivity index (χ1n) is 3.66. The number of aldehydes is 1. The first-order chi connectivity index (χ1) is 5.74. The van der Waals surface area contributed by atoms with E-state index in [0.29, 0.717) is 5.69 Å². The first-order valence-corrected chi connectivity index (χ1v) is 3.66. The van der Waals surface area contributed by atoms with E-state index in [-0.39, 0.29) is 0 Å². The average Bonchev–Trinajstić information content (AvgIpc) is 2.55. The van der Waals surface area contributed by atoms with E-state index in [0.717, 1.165) is 17.3 Å². The number of fused-ring (bicyclic) bond motifs is 1. The van der Waals surface area contributed by atoms with Crippen LogP contribution in [0.2, 0.25) is 0 Å². The molecule has 0 atom stereocenters. The molecule has 0 fully saturated rings. The van der Waals surface area contributed by atoms with Crippen LogP contribution in [-0.4, -0.2) is 20.6 Å². The van der Waals surface area contributed by atoms with Crippen LogP contribution in [0.3, 0.4) is 0 Å².